The quantitative estimate of drug-likeness (QED) is 0.375. The molecule has 1 heterocycles. The van der Waals surface area contributed by atoms with E-state index < -0.39 is 22.6 Å². The Balaban J connectivity index is 1.64. The summed E-state index contributed by atoms with van der Waals surface area (Å²) in [6.45, 7) is 0. The van der Waals surface area contributed by atoms with E-state index in [1.54, 1.807) is 61.5 Å². The maximum absolute atomic E-state index is 12.9. The number of nitro benzene ring substituents is 1. The largest absolute Gasteiger partial charge is 0.377 e. The van der Waals surface area contributed by atoms with Gasteiger partial charge in [-0.2, -0.15) is 0 Å². The van der Waals surface area contributed by atoms with Gasteiger partial charge in [0.25, 0.3) is 23.4 Å². The molecule has 0 bridgehead atoms. The third-order valence-electron chi connectivity index (χ3n) is 5.07. The molecule has 0 aliphatic carbocycles. The number of non-ortho nitro benzene ring substituents is 1. The summed E-state index contributed by atoms with van der Waals surface area (Å²) >= 11 is 0. The van der Waals surface area contributed by atoms with Crippen LogP contribution in [-0.4, -0.2) is 36.7 Å². The minimum atomic E-state index is -0.570. The topological polar surface area (TPSA) is 113 Å². The molecule has 3 aromatic carbocycles. The van der Waals surface area contributed by atoms with E-state index in [9.17, 15) is 24.5 Å². The number of fused-ring (bicyclic) bond motifs is 1. The molecule has 0 fully saturated rings. The van der Waals surface area contributed by atoms with Crippen LogP contribution in [0.15, 0.2) is 66.7 Å². The summed E-state index contributed by atoms with van der Waals surface area (Å²) in [6, 6.07) is 16.9. The van der Waals surface area contributed by atoms with E-state index >= 15 is 0 Å². The van der Waals surface area contributed by atoms with E-state index in [0.717, 1.165) is 4.90 Å². The van der Waals surface area contributed by atoms with Crippen molar-refractivity contribution in [1.82, 2.24) is 0 Å². The molecule has 1 aliphatic heterocycles. The van der Waals surface area contributed by atoms with Gasteiger partial charge in [-0.3, -0.25) is 24.5 Å². The number of benzene rings is 3. The van der Waals surface area contributed by atoms with Gasteiger partial charge in [0.1, 0.15) is 0 Å². The molecule has 0 unspecified atom stereocenters. The number of carbonyl (C=O) groups is 3. The van der Waals surface area contributed by atoms with Crippen LogP contribution < -0.4 is 15.1 Å². The SMILES string of the molecule is CN(C)c1ccc([N+](=O)[O-])cc1C(=O)Nc1cccc(N2C(=O)c3ccccc3C2=O)c1. The molecule has 160 valence electrons. The molecule has 0 saturated carbocycles. The molecule has 4 rings (SSSR count). The predicted octanol–water partition coefficient (Wildman–Crippen LogP) is 3.71. The first kappa shape index (κ1) is 20.7. The zero-order chi connectivity index (χ0) is 23.0. The summed E-state index contributed by atoms with van der Waals surface area (Å²) in [5, 5.41) is 13.8. The van der Waals surface area contributed by atoms with E-state index in [1.807, 2.05) is 0 Å². The zero-order valence-corrected chi connectivity index (χ0v) is 17.2. The average Bonchev–Trinajstić information content (AvgIpc) is 3.03. The molecular weight excluding hydrogens is 412 g/mol. The second kappa shape index (κ2) is 7.95. The first-order valence-electron chi connectivity index (χ1n) is 9.63. The van der Waals surface area contributed by atoms with Gasteiger partial charge < -0.3 is 10.2 Å². The fourth-order valence-electron chi connectivity index (χ4n) is 3.55. The molecule has 9 nitrogen and oxygen atoms in total. The number of anilines is 3. The third-order valence-corrected chi connectivity index (χ3v) is 5.07. The van der Waals surface area contributed by atoms with Gasteiger partial charge in [-0.1, -0.05) is 18.2 Å². The molecule has 32 heavy (non-hydrogen) atoms. The molecular formula is C23H18N4O5. The van der Waals surface area contributed by atoms with Gasteiger partial charge in [0.2, 0.25) is 0 Å². The Hall–Kier alpha value is -4.53. The van der Waals surface area contributed by atoms with Gasteiger partial charge >= 0.3 is 0 Å². The van der Waals surface area contributed by atoms with Crippen LogP contribution in [-0.2, 0) is 0 Å². The summed E-state index contributed by atoms with van der Waals surface area (Å²) < 4.78 is 0. The molecule has 3 amide bonds. The Bertz CT molecular complexity index is 1250. The highest BCUT2D eigenvalue weighted by molar-refractivity contribution is 6.34. The summed E-state index contributed by atoms with van der Waals surface area (Å²) in [6.07, 6.45) is 0. The van der Waals surface area contributed by atoms with Gasteiger partial charge in [0, 0.05) is 37.6 Å². The van der Waals surface area contributed by atoms with Crippen molar-refractivity contribution in [2.75, 3.05) is 29.2 Å². The zero-order valence-electron chi connectivity index (χ0n) is 17.2. The minimum absolute atomic E-state index is 0.121. The molecule has 0 aromatic heterocycles. The van der Waals surface area contributed by atoms with Crippen molar-refractivity contribution in [3.05, 3.63) is 93.5 Å². The van der Waals surface area contributed by atoms with Crippen molar-refractivity contribution in [3.63, 3.8) is 0 Å². The Morgan fingerprint density at radius 2 is 1.59 bits per heavy atom. The summed E-state index contributed by atoms with van der Waals surface area (Å²) in [7, 11) is 3.45. The van der Waals surface area contributed by atoms with Crippen molar-refractivity contribution in [1.29, 1.82) is 0 Å². The standard InChI is InChI=1S/C23H18N4O5/c1-25(2)20-11-10-16(27(31)32)13-19(20)21(28)24-14-6-5-7-15(12-14)26-22(29)17-8-3-4-9-18(17)23(26)30/h3-13H,1-2H3,(H,24,28). The maximum Gasteiger partial charge on any atom is 0.270 e. The molecule has 9 heteroatoms. The number of imide groups is 1. The normalized spacial score (nSPS) is 12.5. The van der Waals surface area contributed by atoms with E-state index in [2.05, 4.69) is 5.32 Å². The van der Waals surface area contributed by atoms with Crippen LogP contribution >= 0.6 is 0 Å². The molecule has 0 spiro atoms. The van der Waals surface area contributed by atoms with Gasteiger partial charge in [0.05, 0.1) is 27.3 Å². The molecule has 1 N–H and O–H groups in total. The number of nitro groups is 1. The number of hydrogen-bond donors (Lipinski definition) is 1. The number of rotatable bonds is 5. The monoisotopic (exact) mass is 430 g/mol. The van der Waals surface area contributed by atoms with Crippen LogP contribution in [0, 0.1) is 10.1 Å². The molecule has 3 aromatic rings. The van der Waals surface area contributed by atoms with Crippen LogP contribution in [0.1, 0.15) is 31.1 Å². The van der Waals surface area contributed by atoms with E-state index in [4.69, 9.17) is 0 Å². The Labute approximate surface area is 183 Å². The van der Waals surface area contributed by atoms with Crippen LogP contribution in [0.3, 0.4) is 0 Å². The number of hydrogen-bond acceptors (Lipinski definition) is 6. The van der Waals surface area contributed by atoms with Crippen LogP contribution in [0.5, 0.6) is 0 Å². The molecule has 0 saturated heterocycles. The highest BCUT2D eigenvalue weighted by Gasteiger charge is 2.36. The molecule has 0 atom stereocenters. The Morgan fingerprint density at radius 3 is 2.19 bits per heavy atom. The van der Waals surface area contributed by atoms with Crippen molar-refractivity contribution >= 4 is 40.5 Å². The maximum atomic E-state index is 12.9. The van der Waals surface area contributed by atoms with Gasteiger partial charge in [-0.25, -0.2) is 4.90 Å². The summed E-state index contributed by atoms with van der Waals surface area (Å²) in [4.78, 5) is 51.7. The second-order valence-corrected chi connectivity index (χ2v) is 7.35. The van der Waals surface area contributed by atoms with E-state index in [1.165, 1.54) is 24.3 Å². The van der Waals surface area contributed by atoms with Crippen LogP contribution in [0.4, 0.5) is 22.7 Å². The number of carbonyl (C=O) groups excluding carboxylic acids is 3. The van der Waals surface area contributed by atoms with Crippen molar-refractivity contribution in [2.24, 2.45) is 0 Å². The fraction of sp³-hybridized carbons (Fsp3) is 0.0870. The smallest absolute Gasteiger partial charge is 0.270 e. The fourth-order valence-corrected chi connectivity index (χ4v) is 3.55. The third kappa shape index (κ3) is 3.56. The lowest BCUT2D eigenvalue weighted by Crippen LogP contribution is -2.29. The first-order valence-corrected chi connectivity index (χ1v) is 9.63. The highest BCUT2D eigenvalue weighted by Crippen LogP contribution is 2.30. The Kier molecular flexibility index (Phi) is 5.15. The number of nitrogens with zero attached hydrogens (tertiary/aromatic N) is 3. The average molecular weight is 430 g/mol. The minimum Gasteiger partial charge on any atom is -0.377 e. The van der Waals surface area contributed by atoms with Gasteiger partial charge in [0.15, 0.2) is 0 Å². The van der Waals surface area contributed by atoms with Crippen molar-refractivity contribution in [3.8, 4) is 0 Å². The van der Waals surface area contributed by atoms with Crippen molar-refractivity contribution < 1.29 is 19.3 Å². The van der Waals surface area contributed by atoms with Crippen molar-refractivity contribution in [2.45, 2.75) is 0 Å². The van der Waals surface area contributed by atoms with Crippen LogP contribution in [0.25, 0.3) is 0 Å². The molecule has 0 radical (unpaired) electrons. The van der Waals surface area contributed by atoms with E-state index in [0.29, 0.717) is 28.2 Å². The number of amides is 3. The van der Waals surface area contributed by atoms with Crippen LogP contribution in [0.2, 0.25) is 0 Å². The van der Waals surface area contributed by atoms with Gasteiger partial charge in [-0.15, -0.1) is 0 Å². The molecule has 1 aliphatic rings. The predicted molar refractivity (Wildman–Crippen MR) is 119 cm³/mol. The lowest BCUT2D eigenvalue weighted by atomic mass is 10.1. The Morgan fingerprint density at radius 1 is 0.938 bits per heavy atom. The summed E-state index contributed by atoms with van der Waals surface area (Å²) in [5.74, 6) is -1.44. The lowest BCUT2D eigenvalue weighted by molar-refractivity contribution is -0.384. The lowest BCUT2D eigenvalue weighted by Gasteiger charge is -2.18. The highest BCUT2D eigenvalue weighted by atomic mass is 16.6. The second-order valence-electron chi connectivity index (χ2n) is 7.35. The van der Waals surface area contributed by atoms with Gasteiger partial charge in [-0.05, 0) is 36.4 Å². The van der Waals surface area contributed by atoms with E-state index in [-0.39, 0.29) is 11.3 Å². The summed E-state index contributed by atoms with van der Waals surface area (Å²) in [5.41, 5.74) is 1.69. The first-order chi connectivity index (χ1) is 15.3. The number of nitrogens with one attached hydrogen (secondary N) is 1.